The Bertz CT molecular complexity index is 1620. The predicted octanol–water partition coefficient (Wildman–Crippen LogP) is 11.1. The molecular formula is C45H58N2O5. The zero-order valence-electron chi connectivity index (χ0n) is 31.9. The molecule has 4 aromatic rings. The lowest BCUT2D eigenvalue weighted by Gasteiger charge is -2.20. The molecule has 0 radical (unpaired) electrons. The maximum absolute atomic E-state index is 12.7. The fourth-order valence-electron chi connectivity index (χ4n) is 5.66. The Kier molecular flexibility index (Phi) is 17.0. The molecule has 0 aliphatic rings. The summed E-state index contributed by atoms with van der Waals surface area (Å²) in [5, 5.41) is 0. The van der Waals surface area contributed by atoms with Gasteiger partial charge in [-0.05, 0) is 71.2 Å². The van der Waals surface area contributed by atoms with E-state index in [2.05, 4.69) is 44.6 Å². The molecule has 7 nitrogen and oxygen atoms in total. The maximum Gasteiger partial charge on any atom is 0.338 e. The second-order valence-electron chi connectivity index (χ2n) is 14.1. The molecule has 0 aliphatic heterocycles. The van der Waals surface area contributed by atoms with Gasteiger partial charge in [-0.15, -0.1) is 0 Å². The number of benzene rings is 3. The number of aromatic nitrogens is 2. The minimum absolute atomic E-state index is 0.312. The second-order valence-corrected chi connectivity index (χ2v) is 14.1. The molecule has 278 valence electrons. The summed E-state index contributed by atoms with van der Waals surface area (Å²) in [6.07, 6.45) is 15.4. The molecule has 4 rings (SSSR count). The van der Waals surface area contributed by atoms with Crippen molar-refractivity contribution in [3.63, 3.8) is 0 Å². The molecule has 3 atom stereocenters. The topological polar surface area (TPSA) is 87.6 Å². The van der Waals surface area contributed by atoms with E-state index in [0.717, 1.165) is 41.5 Å². The molecule has 52 heavy (non-hydrogen) atoms. The van der Waals surface area contributed by atoms with Gasteiger partial charge in [0.1, 0.15) is 6.10 Å². The first kappa shape index (κ1) is 40.4. The number of ether oxygens (including phenoxy) is 3. The molecule has 0 spiro atoms. The zero-order chi connectivity index (χ0) is 37.1. The average Bonchev–Trinajstić information content (AvgIpc) is 3.19. The summed E-state index contributed by atoms with van der Waals surface area (Å²) in [5.41, 5.74) is 5.91. The Morgan fingerprint density at radius 1 is 0.596 bits per heavy atom. The van der Waals surface area contributed by atoms with Crippen molar-refractivity contribution in [2.75, 3.05) is 13.2 Å². The van der Waals surface area contributed by atoms with E-state index >= 15 is 0 Å². The van der Waals surface area contributed by atoms with Crippen LogP contribution in [0.3, 0.4) is 0 Å². The molecule has 0 saturated heterocycles. The fraction of sp³-hybridized carbons (Fsp3) is 0.467. The van der Waals surface area contributed by atoms with Crippen molar-refractivity contribution in [1.29, 1.82) is 0 Å². The van der Waals surface area contributed by atoms with Crippen LogP contribution < -0.4 is 0 Å². The van der Waals surface area contributed by atoms with Gasteiger partial charge >= 0.3 is 11.9 Å². The molecule has 1 heterocycles. The first-order valence-electron chi connectivity index (χ1n) is 19.4. The van der Waals surface area contributed by atoms with Gasteiger partial charge in [-0.3, -0.25) is 0 Å². The minimum Gasteiger partial charge on any atom is -0.462 e. The summed E-state index contributed by atoms with van der Waals surface area (Å²) >= 11 is 0. The van der Waals surface area contributed by atoms with Gasteiger partial charge in [0.25, 0.3) is 0 Å². The van der Waals surface area contributed by atoms with Crippen LogP contribution in [0.25, 0.3) is 11.4 Å². The molecule has 0 bridgehead atoms. The Morgan fingerprint density at radius 2 is 1.08 bits per heavy atom. The van der Waals surface area contributed by atoms with Crippen molar-refractivity contribution in [3.05, 3.63) is 119 Å². The molecule has 1 aromatic heterocycles. The van der Waals surface area contributed by atoms with Gasteiger partial charge in [0.2, 0.25) is 0 Å². The van der Waals surface area contributed by atoms with Gasteiger partial charge in [0.05, 0.1) is 30.9 Å². The standard InChI is InChI=1S/C45H58N2O5/c1-6-9-10-11-12-13-14-15-36-28-46-43(47-29-36)39-24-20-37(21-25-39)42(38-22-26-41(27-23-38)45(49)52-31-34(5)8-3)50-32-35-16-18-40(19-17-35)44(48)51-30-33(4)7-2/h16-29,33-34,42H,6-15,30-32H2,1-5H3. The van der Waals surface area contributed by atoms with E-state index in [1.807, 2.05) is 60.9 Å². The minimum atomic E-state index is -0.412. The number of hydrogen-bond acceptors (Lipinski definition) is 7. The lowest BCUT2D eigenvalue weighted by atomic mass is 9.98. The van der Waals surface area contributed by atoms with E-state index in [0.29, 0.717) is 48.6 Å². The number of aryl methyl sites for hydroxylation is 1. The SMILES string of the molecule is CCCCCCCCCc1cnc(-c2ccc(C(OCc3ccc(C(=O)OCC(C)CC)cc3)c3ccc(C(=O)OCC(C)CC)cc3)cc2)nc1. The van der Waals surface area contributed by atoms with Gasteiger partial charge in [-0.2, -0.15) is 0 Å². The summed E-state index contributed by atoms with van der Waals surface area (Å²) in [5.74, 6) is 0.678. The van der Waals surface area contributed by atoms with Crippen LogP contribution in [0.5, 0.6) is 0 Å². The van der Waals surface area contributed by atoms with Gasteiger partial charge < -0.3 is 14.2 Å². The van der Waals surface area contributed by atoms with Crippen molar-refractivity contribution in [3.8, 4) is 11.4 Å². The molecule has 0 aliphatic carbocycles. The van der Waals surface area contributed by atoms with Crippen LogP contribution >= 0.6 is 0 Å². The molecule has 7 heteroatoms. The van der Waals surface area contributed by atoms with E-state index in [1.54, 1.807) is 24.3 Å². The number of nitrogens with zero attached hydrogens (tertiary/aromatic N) is 2. The maximum atomic E-state index is 12.7. The molecule has 0 N–H and O–H groups in total. The van der Waals surface area contributed by atoms with Crippen LogP contribution in [-0.2, 0) is 27.2 Å². The Hall–Kier alpha value is -4.36. The largest absolute Gasteiger partial charge is 0.462 e. The summed E-state index contributed by atoms with van der Waals surface area (Å²) in [7, 11) is 0. The lowest BCUT2D eigenvalue weighted by Crippen LogP contribution is -2.12. The molecule has 0 saturated carbocycles. The number of carbonyl (C=O) groups excluding carboxylic acids is 2. The number of hydrogen-bond donors (Lipinski definition) is 0. The summed E-state index contributed by atoms with van der Waals surface area (Å²) in [4.78, 5) is 34.6. The van der Waals surface area contributed by atoms with Crippen molar-refractivity contribution < 1.29 is 23.8 Å². The lowest BCUT2D eigenvalue weighted by molar-refractivity contribution is 0.0438. The third-order valence-electron chi connectivity index (χ3n) is 9.69. The Morgan fingerprint density at radius 3 is 1.60 bits per heavy atom. The van der Waals surface area contributed by atoms with Gasteiger partial charge in [0, 0.05) is 18.0 Å². The van der Waals surface area contributed by atoms with E-state index in [9.17, 15) is 9.59 Å². The van der Waals surface area contributed by atoms with E-state index in [1.165, 1.54) is 50.5 Å². The smallest absolute Gasteiger partial charge is 0.338 e. The number of esters is 2. The van der Waals surface area contributed by atoms with Gasteiger partial charge in [-0.1, -0.05) is 135 Å². The third kappa shape index (κ3) is 13.0. The summed E-state index contributed by atoms with van der Waals surface area (Å²) < 4.78 is 17.5. The molecule has 0 fully saturated rings. The first-order chi connectivity index (χ1) is 25.3. The van der Waals surface area contributed by atoms with Crippen LogP contribution in [0.1, 0.15) is 141 Å². The highest BCUT2D eigenvalue weighted by atomic mass is 16.5. The zero-order valence-corrected chi connectivity index (χ0v) is 31.9. The third-order valence-corrected chi connectivity index (χ3v) is 9.69. The van der Waals surface area contributed by atoms with Crippen molar-refractivity contribution in [2.45, 2.75) is 112 Å². The van der Waals surface area contributed by atoms with Crippen LogP contribution in [0, 0.1) is 11.8 Å². The second kappa shape index (κ2) is 21.9. The number of carbonyl (C=O) groups is 2. The quantitative estimate of drug-likeness (QED) is 0.0594. The Balaban J connectivity index is 1.45. The monoisotopic (exact) mass is 706 g/mol. The van der Waals surface area contributed by atoms with E-state index < -0.39 is 6.10 Å². The highest BCUT2D eigenvalue weighted by Crippen LogP contribution is 2.30. The summed E-state index contributed by atoms with van der Waals surface area (Å²) in [6, 6.07) is 22.9. The van der Waals surface area contributed by atoms with Crippen molar-refractivity contribution >= 4 is 11.9 Å². The van der Waals surface area contributed by atoms with Gasteiger partial charge in [0.15, 0.2) is 5.82 Å². The van der Waals surface area contributed by atoms with Crippen LogP contribution in [-0.4, -0.2) is 35.1 Å². The van der Waals surface area contributed by atoms with E-state index in [4.69, 9.17) is 14.2 Å². The highest BCUT2D eigenvalue weighted by molar-refractivity contribution is 5.89. The highest BCUT2D eigenvalue weighted by Gasteiger charge is 2.18. The van der Waals surface area contributed by atoms with Crippen LogP contribution in [0.15, 0.2) is 85.2 Å². The average molecular weight is 707 g/mol. The fourth-order valence-corrected chi connectivity index (χ4v) is 5.66. The normalized spacial score (nSPS) is 12.9. The predicted molar refractivity (Wildman–Crippen MR) is 208 cm³/mol. The first-order valence-corrected chi connectivity index (χ1v) is 19.4. The number of unbranched alkanes of at least 4 members (excludes halogenated alkanes) is 6. The molecule has 3 unspecified atom stereocenters. The Labute approximate surface area is 311 Å². The van der Waals surface area contributed by atoms with Crippen molar-refractivity contribution in [1.82, 2.24) is 9.97 Å². The van der Waals surface area contributed by atoms with E-state index in [-0.39, 0.29) is 11.9 Å². The molecule has 3 aromatic carbocycles. The number of rotatable bonds is 22. The van der Waals surface area contributed by atoms with Crippen LogP contribution in [0.4, 0.5) is 0 Å². The summed E-state index contributed by atoms with van der Waals surface area (Å²) in [6.45, 7) is 11.7. The molecular weight excluding hydrogens is 649 g/mol. The van der Waals surface area contributed by atoms with Crippen LogP contribution in [0.2, 0.25) is 0 Å². The van der Waals surface area contributed by atoms with Gasteiger partial charge in [-0.25, -0.2) is 19.6 Å². The van der Waals surface area contributed by atoms with Crippen molar-refractivity contribution in [2.24, 2.45) is 11.8 Å². The molecule has 0 amide bonds.